The van der Waals surface area contributed by atoms with Gasteiger partial charge in [-0.1, -0.05) is 42.0 Å². The third-order valence-electron chi connectivity index (χ3n) is 4.19. The normalized spacial score (nSPS) is 28.5. The first kappa shape index (κ1) is 10.8. The Labute approximate surface area is 103 Å². The van der Waals surface area contributed by atoms with Crippen LogP contribution in [-0.2, 0) is 4.79 Å². The zero-order chi connectivity index (χ0) is 11.7. The molecule has 2 bridgehead atoms. The maximum Gasteiger partial charge on any atom is 0.136 e. The van der Waals surface area contributed by atoms with Gasteiger partial charge in [0, 0.05) is 12.3 Å². The van der Waals surface area contributed by atoms with E-state index in [4.69, 9.17) is 0 Å². The average molecular weight is 226 g/mol. The molecule has 3 rings (SSSR count). The summed E-state index contributed by atoms with van der Waals surface area (Å²) in [6, 6.07) is 10.5. The first-order valence-electron chi connectivity index (χ1n) is 6.60. The molecule has 1 aromatic rings. The van der Waals surface area contributed by atoms with Gasteiger partial charge in [0.25, 0.3) is 0 Å². The molecule has 1 saturated carbocycles. The van der Waals surface area contributed by atoms with Crippen molar-refractivity contribution < 1.29 is 4.79 Å². The Bertz CT molecular complexity index is 444. The van der Waals surface area contributed by atoms with Crippen molar-refractivity contribution in [2.45, 2.75) is 38.0 Å². The highest BCUT2D eigenvalue weighted by Crippen LogP contribution is 2.41. The van der Waals surface area contributed by atoms with Gasteiger partial charge in [-0.3, -0.25) is 4.79 Å². The molecule has 1 fully saturated rings. The number of Topliss-reactive ketones (excluding diaryl/α,β-unsaturated/α-hetero) is 1. The Kier molecular flexibility index (Phi) is 2.84. The molecule has 2 aliphatic carbocycles. The second-order valence-electron chi connectivity index (χ2n) is 5.25. The number of hydrogen-bond donors (Lipinski definition) is 0. The van der Waals surface area contributed by atoms with Crippen LogP contribution in [0.15, 0.2) is 42.0 Å². The molecule has 0 spiro atoms. The Morgan fingerprint density at radius 2 is 1.82 bits per heavy atom. The number of rotatable bonds is 1. The van der Waals surface area contributed by atoms with E-state index in [9.17, 15) is 4.79 Å². The van der Waals surface area contributed by atoms with Gasteiger partial charge in [-0.25, -0.2) is 0 Å². The maximum atomic E-state index is 12.2. The van der Waals surface area contributed by atoms with Crippen molar-refractivity contribution in [1.82, 2.24) is 0 Å². The third-order valence-corrected chi connectivity index (χ3v) is 4.19. The quantitative estimate of drug-likeness (QED) is 0.664. The summed E-state index contributed by atoms with van der Waals surface area (Å²) in [6.07, 6.45) is 7.43. The number of allylic oxidation sites excluding steroid dienone is 2. The molecule has 17 heavy (non-hydrogen) atoms. The van der Waals surface area contributed by atoms with E-state index in [1.165, 1.54) is 11.1 Å². The van der Waals surface area contributed by atoms with E-state index in [0.717, 1.165) is 32.1 Å². The van der Waals surface area contributed by atoms with Crippen LogP contribution in [0.1, 0.15) is 43.6 Å². The molecule has 0 N–H and O–H groups in total. The summed E-state index contributed by atoms with van der Waals surface area (Å²) in [5.74, 6) is 1.16. The summed E-state index contributed by atoms with van der Waals surface area (Å²) < 4.78 is 0. The molecule has 1 aromatic carbocycles. The van der Waals surface area contributed by atoms with E-state index >= 15 is 0 Å². The smallest absolute Gasteiger partial charge is 0.136 e. The van der Waals surface area contributed by atoms with Gasteiger partial charge >= 0.3 is 0 Å². The monoisotopic (exact) mass is 226 g/mol. The first-order valence-corrected chi connectivity index (χ1v) is 6.60. The molecule has 0 radical (unpaired) electrons. The van der Waals surface area contributed by atoms with Crippen molar-refractivity contribution >= 4 is 5.78 Å². The fraction of sp³-hybridized carbons (Fsp3) is 0.438. The summed E-state index contributed by atoms with van der Waals surface area (Å²) in [5.41, 5.74) is 2.86. The molecule has 2 aliphatic rings. The Morgan fingerprint density at radius 1 is 1.00 bits per heavy atom. The number of carbonyl (C=O) groups excluding carboxylic acids is 1. The minimum absolute atomic E-state index is 0.250. The van der Waals surface area contributed by atoms with Crippen LogP contribution in [0.4, 0.5) is 0 Å². The zero-order valence-corrected chi connectivity index (χ0v) is 10.1. The van der Waals surface area contributed by atoms with Crippen molar-refractivity contribution in [1.29, 1.82) is 0 Å². The van der Waals surface area contributed by atoms with Gasteiger partial charge in [0.2, 0.25) is 0 Å². The van der Waals surface area contributed by atoms with Crippen LogP contribution in [0.2, 0.25) is 0 Å². The Morgan fingerprint density at radius 3 is 2.65 bits per heavy atom. The summed E-state index contributed by atoms with van der Waals surface area (Å²) in [6.45, 7) is 0. The standard InChI is InChI=1S/C16H18O/c17-16-8-4-5-12-9-10-14(15(16)11-12)13-6-2-1-3-7-13/h1-3,6-7,9,14-15H,4-5,8,10-11H2/t14-,15+/m1/s1. The lowest BCUT2D eigenvalue weighted by molar-refractivity contribution is -0.123. The molecule has 0 amide bonds. The lowest BCUT2D eigenvalue weighted by atomic mass is 9.74. The summed E-state index contributed by atoms with van der Waals surface area (Å²) in [4.78, 5) is 12.2. The zero-order valence-electron chi connectivity index (χ0n) is 10.1. The summed E-state index contributed by atoms with van der Waals surface area (Å²) in [7, 11) is 0. The maximum absolute atomic E-state index is 12.2. The molecule has 0 unspecified atom stereocenters. The third kappa shape index (κ3) is 2.06. The molecular weight excluding hydrogens is 208 g/mol. The van der Waals surface area contributed by atoms with Gasteiger partial charge < -0.3 is 0 Å². The van der Waals surface area contributed by atoms with Gasteiger partial charge in [-0.2, -0.15) is 0 Å². The lowest BCUT2D eigenvalue weighted by Gasteiger charge is -2.29. The van der Waals surface area contributed by atoms with Gasteiger partial charge in [-0.15, -0.1) is 0 Å². The highest BCUT2D eigenvalue weighted by atomic mass is 16.1. The largest absolute Gasteiger partial charge is 0.299 e. The highest BCUT2D eigenvalue weighted by molar-refractivity contribution is 5.83. The van der Waals surface area contributed by atoms with Crippen LogP contribution in [0.3, 0.4) is 0 Å². The van der Waals surface area contributed by atoms with Crippen molar-refractivity contribution in [3.8, 4) is 0 Å². The van der Waals surface area contributed by atoms with Crippen LogP contribution in [0.25, 0.3) is 0 Å². The van der Waals surface area contributed by atoms with Gasteiger partial charge in [0.1, 0.15) is 5.78 Å². The van der Waals surface area contributed by atoms with E-state index in [-0.39, 0.29) is 5.92 Å². The van der Waals surface area contributed by atoms with E-state index in [0.29, 0.717) is 11.7 Å². The second kappa shape index (κ2) is 4.48. The van der Waals surface area contributed by atoms with Crippen molar-refractivity contribution in [2.24, 2.45) is 5.92 Å². The second-order valence-corrected chi connectivity index (χ2v) is 5.25. The molecule has 88 valence electrons. The number of benzene rings is 1. The molecule has 1 nitrogen and oxygen atoms in total. The van der Waals surface area contributed by atoms with E-state index in [2.05, 4.69) is 30.3 Å². The van der Waals surface area contributed by atoms with Gasteiger partial charge in [-0.05, 0) is 37.2 Å². The van der Waals surface area contributed by atoms with Gasteiger partial charge in [0.15, 0.2) is 0 Å². The molecule has 1 heteroatoms. The Balaban J connectivity index is 1.94. The molecule has 0 saturated heterocycles. The van der Waals surface area contributed by atoms with Crippen molar-refractivity contribution in [3.05, 3.63) is 47.5 Å². The summed E-state index contributed by atoms with van der Waals surface area (Å²) in [5, 5.41) is 0. The lowest BCUT2D eigenvalue weighted by Crippen LogP contribution is -2.23. The number of hydrogen-bond acceptors (Lipinski definition) is 1. The fourth-order valence-electron chi connectivity index (χ4n) is 3.25. The molecule has 0 heterocycles. The van der Waals surface area contributed by atoms with Crippen LogP contribution in [0, 0.1) is 5.92 Å². The van der Waals surface area contributed by atoms with Crippen LogP contribution in [0.5, 0.6) is 0 Å². The molecule has 0 aromatic heterocycles. The van der Waals surface area contributed by atoms with E-state index < -0.39 is 0 Å². The number of ketones is 1. The topological polar surface area (TPSA) is 17.1 Å². The molecule has 2 atom stereocenters. The number of fused-ring (bicyclic) bond motifs is 2. The predicted molar refractivity (Wildman–Crippen MR) is 68.8 cm³/mol. The van der Waals surface area contributed by atoms with E-state index in [1.54, 1.807) is 0 Å². The van der Waals surface area contributed by atoms with Crippen LogP contribution in [-0.4, -0.2) is 5.78 Å². The first-order chi connectivity index (χ1) is 8.34. The minimum atomic E-state index is 0.250. The van der Waals surface area contributed by atoms with Crippen molar-refractivity contribution in [3.63, 3.8) is 0 Å². The minimum Gasteiger partial charge on any atom is -0.299 e. The predicted octanol–water partition coefficient (Wildman–Crippen LogP) is 3.86. The average Bonchev–Trinajstić information content (AvgIpc) is 2.52. The SMILES string of the molecule is O=C1CCCC2=CC[C@H](c3ccccc3)[C@@H]1C2. The van der Waals surface area contributed by atoms with Gasteiger partial charge in [0.05, 0.1) is 0 Å². The molecular formula is C16H18O. The van der Waals surface area contributed by atoms with Crippen molar-refractivity contribution in [2.75, 3.05) is 0 Å². The van der Waals surface area contributed by atoms with Crippen LogP contribution < -0.4 is 0 Å². The fourth-order valence-corrected chi connectivity index (χ4v) is 3.25. The van der Waals surface area contributed by atoms with Crippen LogP contribution >= 0.6 is 0 Å². The van der Waals surface area contributed by atoms with E-state index in [1.807, 2.05) is 6.07 Å². The summed E-state index contributed by atoms with van der Waals surface area (Å²) >= 11 is 0. The highest BCUT2D eigenvalue weighted by Gasteiger charge is 2.33. The number of carbonyl (C=O) groups is 1. The Hall–Kier alpha value is -1.37. The molecule has 0 aliphatic heterocycles.